The van der Waals surface area contributed by atoms with Gasteiger partial charge in [-0.15, -0.1) is 23.1 Å². The molecule has 1 fully saturated rings. The first-order chi connectivity index (χ1) is 13.6. The van der Waals surface area contributed by atoms with Crippen molar-refractivity contribution in [3.8, 4) is 5.75 Å². The lowest BCUT2D eigenvalue weighted by Crippen LogP contribution is -2.41. The van der Waals surface area contributed by atoms with Crippen molar-refractivity contribution in [2.24, 2.45) is 4.99 Å². The Balaban J connectivity index is 1.47. The van der Waals surface area contributed by atoms with Crippen molar-refractivity contribution < 1.29 is 14.6 Å². The normalized spacial score (nSPS) is 28.0. The molecule has 0 radical (unpaired) electrons. The lowest BCUT2D eigenvalue weighted by atomic mass is 10.1. The monoisotopic (exact) mass is 414 g/mol. The molecule has 0 spiro atoms. The number of ether oxygens (including phenoxy) is 2. The first-order valence-corrected chi connectivity index (χ1v) is 11.4. The minimum Gasteiger partial charge on any atom is -0.462 e. The number of aromatic nitrogens is 1. The van der Waals surface area contributed by atoms with E-state index in [9.17, 15) is 5.11 Å². The second kappa shape index (κ2) is 7.30. The standard InChI is InChI=1S/C21H22N2O3S2/c1-11-10-27-19(22-11)20-23-16-7-4-13-9-14(5-6-15(13)18(16)28-20)26-21-17(24)8-3-12(2)25-21/h4-7,9,11-12,17,21,24H,3,8,10H2,1-2H3. The summed E-state index contributed by atoms with van der Waals surface area (Å²) in [6.07, 6.45) is 0.449. The Labute approximate surface area is 171 Å². The molecule has 146 valence electrons. The quantitative estimate of drug-likeness (QED) is 0.679. The van der Waals surface area contributed by atoms with Gasteiger partial charge in [-0.2, -0.15) is 0 Å². The van der Waals surface area contributed by atoms with E-state index in [4.69, 9.17) is 19.5 Å². The number of fused-ring (bicyclic) bond motifs is 3. The molecule has 7 heteroatoms. The van der Waals surface area contributed by atoms with Crippen LogP contribution >= 0.6 is 23.1 Å². The minimum absolute atomic E-state index is 0.100. The van der Waals surface area contributed by atoms with E-state index in [0.29, 0.717) is 18.2 Å². The van der Waals surface area contributed by atoms with Crippen LogP contribution in [0, 0.1) is 0 Å². The third kappa shape index (κ3) is 3.41. The van der Waals surface area contributed by atoms with Crippen LogP contribution in [0.3, 0.4) is 0 Å². The van der Waals surface area contributed by atoms with Crippen molar-refractivity contribution >= 4 is 49.1 Å². The van der Waals surface area contributed by atoms with Gasteiger partial charge in [-0.3, -0.25) is 4.99 Å². The molecule has 3 aromatic rings. The zero-order chi connectivity index (χ0) is 19.3. The van der Waals surface area contributed by atoms with Crippen LogP contribution in [0.25, 0.3) is 21.0 Å². The Bertz CT molecular complexity index is 1060. The molecular weight excluding hydrogens is 392 g/mol. The zero-order valence-corrected chi connectivity index (χ0v) is 17.4. The Hall–Kier alpha value is -1.67. The maximum atomic E-state index is 10.2. The molecule has 4 atom stereocenters. The number of thiazole rings is 1. The van der Waals surface area contributed by atoms with Gasteiger partial charge < -0.3 is 14.6 Å². The summed E-state index contributed by atoms with van der Waals surface area (Å²) in [6, 6.07) is 10.5. The number of aliphatic imine (C=N–C) groups is 1. The van der Waals surface area contributed by atoms with Crippen LogP contribution in [-0.4, -0.2) is 45.4 Å². The molecule has 1 N–H and O–H groups in total. The highest BCUT2D eigenvalue weighted by Crippen LogP contribution is 2.35. The number of hydrogen-bond acceptors (Lipinski definition) is 7. The number of benzene rings is 2. The highest BCUT2D eigenvalue weighted by molar-refractivity contribution is 8.15. The summed E-state index contributed by atoms with van der Waals surface area (Å²) in [6.45, 7) is 4.15. The second-order valence-electron chi connectivity index (χ2n) is 7.49. The molecule has 2 aliphatic heterocycles. The molecule has 28 heavy (non-hydrogen) atoms. The summed E-state index contributed by atoms with van der Waals surface area (Å²) < 4.78 is 12.9. The first-order valence-electron chi connectivity index (χ1n) is 9.61. The van der Waals surface area contributed by atoms with Crippen LogP contribution in [0.1, 0.15) is 31.7 Å². The van der Waals surface area contributed by atoms with Gasteiger partial charge in [0.05, 0.1) is 22.4 Å². The number of rotatable bonds is 3. The highest BCUT2D eigenvalue weighted by Gasteiger charge is 2.29. The van der Waals surface area contributed by atoms with Crippen molar-refractivity contribution in [2.75, 3.05) is 5.75 Å². The topological polar surface area (TPSA) is 63.9 Å². The van der Waals surface area contributed by atoms with E-state index < -0.39 is 12.4 Å². The summed E-state index contributed by atoms with van der Waals surface area (Å²) in [7, 11) is 0. The van der Waals surface area contributed by atoms with Gasteiger partial charge in [0, 0.05) is 11.1 Å². The summed E-state index contributed by atoms with van der Waals surface area (Å²) >= 11 is 3.49. The molecule has 4 unspecified atom stereocenters. The molecule has 2 aliphatic rings. The Kier molecular flexibility index (Phi) is 4.79. The van der Waals surface area contributed by atoms with Crippen LogP contribution in [0.4, 0.5) is 0 Å². The van der Waals surface area contributed by atoms with Crippen molar-refractivity contribution in [2.45, 2.75) is 51.2 Å². The molecule has 5 rings (SSSR count). The zero-order valence-electron chi connectivity index (χ0n) is 15.8. The summed E-state index contributed by atoms with van der Waals surface area (Å²) in [4.78, 5) is 9.49. The SMILES string of the molecule is CC1CSC(c2nc3ccc4cc(OC5OC(C)CCC5O)ccc4c3s2)=N1. The maximum absolute atomic E-state index is 10.2. The second-order valence-corrected chi connectivity index (χ2v) is 9.50. The van der Waals surface area contributed by atoms with Gasteiger partial charge in [-0.1, -0.05) is 6.07 Å². The number of thioether (sulfide) groups is 1. The number of aliphatic hydroxyl groups excluding tert-OH is 1. The molecule has 5 nitrogen and oxygen atoms in total. The van der Waals surface area contributed by atoms with Gasteiger partial charge in [-0.05, 0) is 56.3 Å². The van der Waals surface area contributed by atoms with Crippen LogP contribution in [0.5, 0.6) is 5.75 Å². The molecule has 0 amide bonds. The molecule has 0 saturated carbocycles. The molecule has 2 aromatic carbocycles. The van der Waals surface area contributed by atoms with Crippen molar-refractivity contribution in [1.82, 2.24) is 4.98 Å². The van der Waals surface area contributed by atoms with Gasteiger partial charge in [-0.25, -0.2) is 4.98 Å². The van der Waals surface area contributed by atoms with Crippen LogP contribution in [0.2, 0.25) is 0 Å². The predicted octanol–water partition coefficient (Wildman–Crippen LogP) is 4.60. The fourth-order valence-corrected chi connectivity index (χ4v) is 5.81. The maximum Gasteiger partial charge on any atom is 0.226 e. The summed E-state index contributed by atoms with van der Waals surface area (Å²) in [5.74, 6) is 1.74. The van der Waals surface area contributed by atoms with E-state index in [1.54, 1.807) is 23.1 Å². The summed E-state index contributed by atoms with van der Waals surface area (Å²) in [5, 5.41) is 14.5. The van der Waals surface area contributed by atoms with Gasteiger partial charge >= 0.3 is 0 Å². The predicted molar refractivity (Wildman–Crippen MR) is 116 cm³/mol. The largest absolute Gasteiger partial charge is 0.462 e. The Morgan fingerprint density at radius 2 is 2.07 bits per heavy atom. The molecule has 1 aromatic heterocycles. The third-order valence-electron chi connectivity index (χ3n) is 5.13. The third-order valence-corrected chi connectivity index (χ3v) is 7.59. The lowest BCUT2D eigenvalue weighted by molar-refractivity contribution is -0.196. The van der Waals surface area contributed by atoms with Gasteiger partial charge in [0.2, 0.25) is 6.29 Å². The fourth-order valence-electron chi connectivity index (χ4n) is 3.62. The molecule has 0 bridgehead atoms. The van der Waals surface area contributed by atoms with E-state index in [2.05, 4.69) is 25.1 Å². The van der Waals surface area contributed by atoms with E-state index in [1.165, 1.54) is 4.70 Å². The van der Waals surface area contributed by atoms with E-state index in [1.807, 2.05) is 19.1 Å². The Morgan fingerprint density at radius 3 is 2.89 bits per heavy atom. The van der Waals surface area contributed by atoms with E-state index in [-0.39, 0.29) is 6.10 Å². The molecule has 1 saturated heterocycles. The fraction of sp³-hybridized carbons (Fsp3) is 0.429. The summed E-state index contributed by atoms with van der Waals surface area (Å²) in [5.41, 5.74) is 1.00. The first kappa shape index (κ1) is 18.4. The van der Waals surface area contributed by atoms with Crippen LogP contribution < -0.4 is 4.74 Å². The Morgan fingerprint density at radius 1 is 1.18 bits per heavy atom. The molecule has 0 aliphatic carbocycles. The van der Waals surface area contributed by atoms with E-state index >= 15 is 0 Å². The van der Waals surface area contributed by atoms with Crippen LogP contribution in [-0.2, 0) is 4.74 Å². The van der Waals surface area contributed by atoms with Crippen molar-refractivity contribution in [1.29, 1.82) is 0 Å². The van der Waals surface area contributed by atoms with Crippen molar-refractivity contribution in [3.63, 3.8) is 0 Å². The van der Waals surface area contributed by atoms with Gasteiger partial charge in [0.25, 0.3) is 0 Å². The average Bonchev–Trinajstić information content (AvgIpc) is 3.30. The van der Waals surface area contributed by atoms with Gasteiger partial charge in [0.1, 0.15) is 21.9 Å². The molecular formula is C21H22N2O3S2. The van der Waals surface area contributed by atoms with Crippen LogP contribution in [0.15, 0.2) is 35.3 Å². The number of nitrogens with zero attached hydrogens (tertiary/aromatic N) is 2. The van der Waals surface area contributed by atoms with Crippen molar-refractivity contribution in [3.05, 3.63) is 35.3 Å². The smallest absolute Gasteiger partial charge is 0.226 e. The number of hydrogen-bond donors (Lipinski definition) is 1. The molecule has 3 heterocycles. The highest BCUT2D eigenvalue weighted by atomic mass is 32.2. The van der Waals surface area contributed by atoms with E-state index in [0.717, 1.165) is 38.5 Å². The van der Waals surface area contributed by atoms with Gasteiger partial charge in [0.15, 0.2) is 0 Å². The average molecular weight is 415 g/mol. The minimum atomic E-state index is -0.612. The number of aliphatic hydroxyl groups is 1. The lowest BCUT2D eigenvalue weighted by Gasteiger charge is -2.32.